The number of piperidine rings is 1. The number of likely N-dealkylation sites (tertiary alicyclic amines) is 1. The second-order valence-electron chi connectivity index (χ2n) is 9.03. The molecule has 2 aliphatic rings. The highest BCUT2D eigenvalue weighted by Gasteiger charge is 2.31. The lowest BCUT2D eigenvalue weighted by Gasteiger charge is -2.33. The van der Waals surface area contributed by atoms with Crippen LogP contribution in [-0.4, -0.2) is 42.4 Å². The van der Waals surface area contributed by atoms with Crippen LogP contribution >= 0.6 is 0 Å². The first-order valence-corrected chi connectivity index (χ1v) is 10.8. The first kappa shape index (κ1) is 21.4. The first-order valence-electron chi connectivity index (χ1n) is 10.8. The number of carbonyl (C=O) groups excluding carboxylic acids is 2. The molecule has 0 aliphatic carbocycles. The van der Waals surface area contributed by atoms with Gasteiger partial charge in [0.05, 0.1) is 12.5 Å². The van der Waals surface area contributed by atoms with Crippen molar-refractivity contribution in [2.24, 2.45) is 0 Å². The van der Waals surface area contributed by atoms with Gasteiger partial charge in [-0.3, -0.25) is 9.59 Å². The predicted octanol–water partition coefficient (Wildman–Crippen LogP) is 3.34. The molecule has 4 rings (SSSR count). The normalized spacial score (nSPS) is 17.9. The number of nitrogens with zero attached hydrogens (tertiary/aromatic N) is 1. The number of Topliss-reactive ketones (excluding diaryl/α,β-unsaturated/α-hetero) is 1. The molecule has 0 radical (unpaired) electrons. The number of hydrogen-bond acceptors (Lipinski definition) is 6. The zero-order valence-electron chi connectivity index (χ0n) is 18.6. The Morgan fingerprint density at radius 2 is 1.90 bits per heavy atom. The van der Waals surface area contributed by atoms with Gasteiger partial charge in [-0.1, -0.05) is 0 Å². The maximum absolute atomic E-state index is 12.9. The molecular formula is C24H29NO6. The third kappa shape index (κ3) is 4.05. The number of ketones is 1. The van der Waals surface area contributed by atoms with Crippen molar-refractivity contribution < 1.29 is 23.5 Å². The summed E-state index contributed by atoms with van der Waals surface area (Å²) in [5, 5.41) is 0.759. The Labute approximate surface area is 181 Å². The fourth-order valence-electron chi connectivity index (χ4n) is 4.53. The Morgan fingerprint density at radius 3 is 2.58 bits per heavy atom. The molecule has 0 spiro atoms. The zero-order valence-corrected chi connectivity index (χ0v) is 18.6. The number of aryl methyl sites for hydroxylation is 2. The lowest BCUT2D eigenvalue weighted by Crippen LogP contribution is -2.38. The lowest BCUT2D eigenvalue weighted by atomic mass is 9.91. The van der Waals surface area contributed by atoms with Crippen molar-refractivity contribution in [2.45, 2.75) is 64.9 Å². The lowest BCUT2D eigenvalue weighted by molar-refractivity contribution is -0.134. The fourth-order valence-corrected chi connectivity index (χ4v) is 4.53. The van der Waals surface area contributed by atoms with Crippen LogP contribution in [0.2, 0.25) is 0 Å². The van der Waals surface area contributed by atoms with Gasteiger partial charge >= 0.3 is 5.63 Å². The average Bonchev–Trinajstić information content (AvgIpc) is 2.72. The molecule has 2 aliphatic heterocycles. The van der Waals surface area contributed by atoms with Gasteiger partial charge in [0, 0.05) is 49.5 Å². The van der Waals surface area contributed by atoms with Crippen molar-refractivity contribution in [3.63, 3.8) is 0 Å². The molecule has 0 bridgehead atoms. The number of hydrogen-bond donors (Lipinski definition) is 0. The predicted molar refractivity (Wildman–Crippen MR) is 116 cm³/mol. The molecule has 2 aromatic rings. The molecule has 1 amide bonds. The Kier molecular flexibility index (Phi) is 5.54. The van der Waals surface area contributed by atoms with E-state index in [1.807, 2.05) is 26.8 Å². The minimum absolute atomic E-state index is 0.0422. The summed E-state index contributed by atoms with van der Waals surface area (Å²) in [6.07, 6.45) is 2.87. The standard InChI is InChI=1S/C24H29NO6/c1-14-16(5-6-20(27)25-11-8-15(26)9-12-25)23(28)30-22-17-7-10-24(2,3)31-18(17)13-19(29-4)21(14)22/h13H,5-12H2,1-4H3. The molecule has 31 heavy (non-hydrogen) atoms. The summed E-state index contributed by atoms with van der Waals surface area (Å²) >= 11 is 0. The largest absolute Gasteiger partial charge is 0.496 e. The van der Waals surface area contributed by atoms with Gasteiger partial charge in [0.1, 0.15) is 28.5 Å². The smallest absolute Gasteiger partial charge is 0.339 e. The highest BCUT2D eigenvalue weighted by Crippen LogP contribution is 2.43. The van der Waals surface area contributed by atoms with Gasteiger partial charge < -0.3 is 18.8 Å². The topological polar surface area (TPSA) is 86.0 Å². The summed E-state index contributed by atoms with van der Waals surface area (Å²) in [6, 6.07) is 1.87. The minimum atomic E-state index is -0.424. The molecule has 1 fully saturated rings. The van der Waals surface area contributed by atoms with Crippen LogP contribution in [0.15, 0.2) is 15.3 Å². The number of benzene rings is 1. The van der Waals surface area contributed by atoms with Crippen LogP contribution in [0.1, 0.15) is 56.2 Å². The molecule has 7 nitrogen and oxygen atoms in total. The molecule has 0 saturated carbocycles. The van der Waals surface area contributed by atoms with E-state index in [2.05, 4.69) is 0 Å². The summed E-state index contributed by atoms with van der Waals surface area (Å²) in [4.78, 5) is 38.6. The third-order valence-corrected chi connectivity index (χ3v) is 6.42. The number of ether oxygens (including phenoxy) is 2. The Hall–Kier alpha value is -2.83. The van der Waals surface area contributed by atoms with Crippen LogP contribution in [0.3, 0.4) is 0 Å². The van der Waals surface area contributed by atoms with Crippen LogP contribution in [0, 0.1) is 6.92 Å². The van der Waals surface area contributed by atoms with E-state index in [4.69, 9.17) is 13.9 Å². The number of carbonyl (C=O) groups is 2. The van der Waals surface area contributed by atoms with Gasteiger partial charge in [0.2, 0.25) is 5.91 Å². The van der Waals surface area contributed by atoms with Crippen LogP contribution in [0.4, 0.5) is 0 Å². The van der Waals surface area contributed by atoms with Crippen molar-refractivity contribution in [1.29, 1.82) is 0 Å². The summed E-state index contributed by atoms with van der Waals surface area (Å²) in [5.74, 6) is 1.43. The summed E-state index contributed by atoms with van der Waals surface area (Å²) in [5.41, 5.74) is 1.95. The van der Waals surface area contributed by atoms with Crippen LogP contribution < -0.4 is 15.1 Å². The second kappa shape index (κ2) is 8.02. The van der Waals surface area contributed by atoms with E-state index >= 15 is 0 Å². The van der Waals surface area contributed by atoms with Gasteiger partial charge in [-0.2, -0.15) is 0 Å². The van der Waals surface area contributed by atoms with Gasteiger partial charge in [-0.25, -0.2) is 4.79 Å². The molecule has 7 heteroatoms. The molecule has 1 saturated heterocycles. The molecule has 3 heterocycles. The average molecular weight is 427 g/mol. The Balaban J connectivity index is 1.67. The van der Waals surface area contributed by atoms with Crippen LogP contribution in [0.5, 0.6) is 11.5 Å². The van der Waals surface area contributed by atoms with Crippen molar-refractivity contribution >= 4 is 22.7 Å². The molecule has 166 valence electrons. The summed E-state index contributed by atoms with van der Waals surface area (Å²) in [7, 11) is 1.58. The molecular weight excluding hydrogens is 398 g/mol. The second-order valence-corrected chi connectivity index (χ2v) is 9.03. The number of methoxy groups -OCH3 is 1. The van der Waals surface area contributed by atoms with E-state index in [-0.39, 0.29) is 30.1 Å². The fraction of sp³-hybridized carbons (Fsp3) is 0.542. The van der Waals surface area contributed by atoms with Crippen molar-refractivity contribution in [2.75, 3.05) is 20.2 Å². The highest BCUT2D eigenvalue weighted by atomic mass is 16.5. The van der Waals surface area contributed by atoms with E-state index < -0.39 is 5.63 Å². The number of amides is 1. The number of fused-ring (bicyclic) bond motifs is 3. The Morgan fingerprint density at radius 1 is 1.19 bits per heavy atom. The van der Waals surface area contributed by atoms with Gasteiger partial charge in [0.15, 0.2) is 0 Å². The van der Waals surface area contributed by atoms with E-state index in [1.165, 1.54) is 0 Å². The minimum Gasteiger partial charge on any atom is -0.496 e. The van der Waals surface area contributed by atoms with Crippen LogP contribution in [0.25, 0.3) is 11.0 Å². The SMILES string of the molecule is COc1cc2c(c3oc(=O)c(CCC(=O)N4CCC(=O)CC4)c(C)c13)CCC(C)(C)O2. The zero-order chi connectivity index (χ0) is 22.3. The van der Waals surface area contributed by atoms with E-state index in [0.717, 1.165) is 29.4 Å². The van der Waals surface area contributed by atoms with Crippen molar-refractivity contribution in [1.82, 2.24) is 4.90 Å². The summed E-state index contributed by atoms with van der Waals surface area (Å²) < 4.78 is 17.5. The van der Waals surface area contributed by atoms with E-state index in [1.54, 1.807) is 12.0 Å². The van der Waals surface area contributed by atoms with Gasteiger partial charge in [-0.15, -0.1) is 0 Å². The third-order valence-electron chi connectivity index (χ3n) is 6.42. The van der Waals surface area contributed by atoms with E-state index in [0.29, 0.717) is 48.6 Å². The quantitative estimate of drug-likeness (QED) is 0.696. The Bertz CT molecular complexity index is 1100. The number of rotatable bonds is 4. The first-order chi connectivity index (χ1) is 14.7. The van der Waals surface area contributed by atoms with E-state index in [9.17, 15) is 14.4 Å². The van der Waals surface area contributed by atoms with Crippen molar-refractivity contribution in [3.05, 3.63) is 33.2 Å². The maximum atomic E-state index is 12.9. The van der Waals surface area contributed by atoms with Gasteiger partial charge in [0.25, 0.3) is 0 Å². The maximum Gasteiger partial charge on any atom is 0.339 e. The molecule has 0 atom stereocenters. The van der Waals surface area contributed by atoms with Crippen LogP contribution in [-0.2, 0) is 22.4 Å². The highest BCUT2D eigenvalue weighted by molar-refractivity contribution is 5.92. The summed E-state index contributed by atoms with van der Waals surface area (Å²) in [6.45, 7) is 6.86. The molecule has 1 aromatic heterocycles. The van der Waals surface area contributed by atoms with Crippen molar-refractivity contribution in [3.8, 4) is 11.5 Å². The molecule has 0 N–H and O–H groups in total. The molecule has 0 unspecified atom stereocenters. The monoisotopic (exact) mass is 427 g/mol. The molecule has 1 aromatic carbocycles. The van der Waals surface area contributed by atoms with Gasteiger partial charge in [-0.05, 0) is 45.6 Å².